The van der Waals surface area contributed by atoms with E-state index >= 15 is 0 Å². The third-order valence-electron chi connectivity index (χ3n) is 3.91. The number of rotatable bonds is 7. The summed E-state index contributed by atoms with van der Waals surface area (Å²) in [6.07, 6.45) is 1.89. The molecule has 0 saturated heterocycles. The van der Waals surface area contributed by atoms with Gasteiger partial charge in [0.05, 0.1) is 0 Å². The fourth-order valence-corrected chi connectivity index (χ4v) is 6.76. The van der Waals surface area contributed by atoms with E-state index < -0.39 is 21.0 Å². The summed E-state index contributed by atoms with van der Waals surface area (Å²) < 4.78 is 18.0. The summed E-state index contributed by atoms with van der Waals surface area (Å²) in [7, 11) is 0. The van der Waals surface area contributed by atoms with Gasteiger partial charge in [0.2, 0.25) is 0 Å². The molecule has 0 fully saturated rings. The van der Waals surface area contributed by atoms with E-state index in [-0.39, 0.29) is 0 Å². The van der Waals surface area contributed by atoms with Crippen molar-refractivity contribution in [1.82, 2.24) is 0 Å². The van der Waals surface area contributed by atoms with Gasteiger partial charge < -0.3 is 0 Å². The van der Waals surface area contributed by atoms with Crippen molar-refractivity contribution in [2.24, 2.45) is 0 Å². The Labute approximate surface area is 161 Å². The second-order valence-corrected chi connectivity index (χ2v) is 12.4. The van der Waals surface area contributed by atoms with Crippen LogP contribution in [0.1, 0.15) is 36.1 Å². The molecular weight excluding hydrogens is 502 g/mol. The molecule has 0 atom stereocenters. The Morgan fingerprint density at radius 3 is 1.61 bits per heavy atom. The summed E-state index contributed by atoms with van der Waals surface area (Å²) in [6, 6.07) is 12.3. The molecule has 120 valence electrons. The summed E-state index contributed by atoms with van der Waals surface area (Å²) in [5.74, 6) is 1.82. The average molecular weight is 524 g/mol. The predicted molar refractivity (Wildman–Crippen MR) is 95.0 cm³/mol. The molecule has 2 rings (SSSR count). The molecule has 3 nitrogen and oxygen atoms in total. The summed E-state index contributed by atoms with van der Waals surface area (Å²) >= 11 is -1.89. The van der Waals surface area contributed by atoms with Crippen molar-refractivity contribution in [3.05, 3.63) is 58.7 Å². The van der Waals surface area contributed by atoms with Crippen LogP contribution in [0, 0.1) is 13.8 Å². The van der Waals surface area contributed by atoms with Gasteiger partial charge in [-0.25, -0.2) is 0 Å². The summed E-state index contributed by atoms with van der Waals surface area (Å²) in [6.45, 7) is 8.52. The first-order valence-corrected chi connectivity index (χ1v) is 12.5. The molecule has 0 aliphatic heterocycles. The Bertz CT molecular complexity index is 603. The molecule has 0 spiro atoms. The van der Waals surface area contributed by atoms with E-state index in [0.29, 0.717) is 0 Å². The molecule has 0 bridgehead atoms. The van der Waals surface area contributed by atoms with Crippen LogP contribution in [0.3, 0.4) is 0 Å². The Morgan fingerprint density at radius 2 is 1.26 bits per heavy atom. The van der Waals surface area contributed by atoms with Crippen molar-refractivity contribution >= 4 is 43.9 Å². The van der Waals surface area contributed by atoms with E-state index in [1.54, 1.807) is 0 Å². The SMILES string of the molecule is CCc1c(C)cccc1[O][Sn]([O][Sn])[O]c1cccc(C)c1CC. The van der Waals surface area contributed by atoms with Crippen LogP contribution in [0.4, 0.5) is 0 Å². The van der Waals surface area contributed by atoms with Gasteiger partial charge in [0.15, 0.2) is 0 Å². The van der Waals surface area contributed by atoms with E-state index in [9.17, 15) is 0 Å². The molecule has 23 heavy (non-hydrogen) atoms. The quantitative estimate of drug-likeness (QED) is 0.514. The molecule has 4 radical (unpaired) electrons. The Morgan fingerprint density at radius 1 is 0.826 bits per heavy atom. The zero-order chi connectivity index (χ0) is 16.8. The second kappa shape index (κ2) is 9.18. The van der Waals surface area contributed by atoms with E-state index in [1.807, 2.05) is 24.3 Å². The van der Waals surface area contributed by atoms with Gasteiger partial charge in [0.1, 0.15) is 0 Å². The molecule has 2 aromatic rings. The first-order chi connectivity index (χ1) is 11.1. The maximum atomic E-state index is 6.18. The summed E-state index contributed by atoms with van der Waals surface area (Å²) in [5, 5.41) is 0. The van der Waals surface area contributed by atoms with Crippen LogP contribution in [0.15, 0.2) is 36.4 Å². The van der Waals surface area contributed by atoms with Crippen molar-refractivity contribution in [1.29, 1.82) is 0 Å². The molecule has 0 N–H and O–H groups in total. The van der Waals surface area contributed by atoms with E-state index in [4.69, 9.17) is 7.56 Å². The fourth-order valence-electron chi connectivity index (χ4n) is 2.69. The van der Waals surface area contributed by atoms with Gasteiger partial charge in [-0.15, -0.1) is 0 Å². The minimum absolute atomic E-state index is 0.912. The molecule has 2 aromatic carbocycles. The van der Waals surface area contributed by atoms with Gasteiger partial charge in [-0.1, -0.05) is 0 Å². The Hall–Kier alpha value is -0.403. The van der Waals surface area contributed by atoms with Crippen LogP contribution in [0.5, 0.6) is 11.5 Å². The summed E-state index contributed by atoms with van der Waals surface area (Å²) in [4.78, 5) is 0. The molecule has 0 saturated carbocycles. The topological polar surface area (TPSA) is 27.7 Å². The molecule has 0 heterocycles. The number of hydrogen-bond donors (Lipinski definition) is 0. The van der Waals surface area contributed by atoms with Gasteiger partial charge in [-0.05, 0) is 0 Å². The van der Waals surface area contributed by atoms with Crippen molar-refractivity contribution in [3.63, 3.8) is 0 Å². The second-order valence-electron chi connectivity index (χ2n) is 5.37. The third kappa shape index (κ3) is 4.79. The van der Waals surface area contributed by atoms with Crippen LogP contribution in [-0.2, 0) is 14.3 Å². The van der Waals surface area contributed by atoms with Gasteiger partial charge in [-0.2, -0.15) is 0 Å². The average Bonchev–Trinajstić information content (AvgIpc) is 2.54. The van der Waals surface area contributed by atoms with E-state index in [1.165, 1.54) is 22.3 Å². The van der Waals surface area contributed by atoms with E-state index in [2.05, 4.69) is 39.8 Å². The predicted octanol–water partition coefficient (Wildman–Crippen LogP) is 3.97. The van der Waals surface area contributed by atoms with Crippen LogP contribution in [0.25, 0.3) is 0 Å². The maximum absolute atomic E-state index is 6.18. The van der Waals surface area contributed by atoms with Crippen molar-refractivity contribution in [2.75, 3.05) is 0 Å². The minimum atomic E-state index is -2.88. The van der Waals surface area contributed by atoms with Crippen LogP contribution in [-0.4, -0.2) is 43.9 Å². The Kier molecular flexibility index (Phi) is 7.55. The van der Waals surface area contributed by atoms with Crippen LogP contribution < -0.4 is 6.15 Å². The summed E-state index contributed by atoms with van der Waals surface area (Å²) in [5.41, 5.74) is 4.98. The fraction of sp³-hybridized carbons (Fsp3) is 0.333. The van der Waals surface area contributed by atoms with Gasteiger partial charge in [0, 0.05) is 0 Å². The first-order valence-electron chi connectivity index (χ1n) is 7.83. The van der Waals surface area contributed by atoms with Crippen LogP contribution >= 0.6 is 0 Å². The zero-order valence-corrected chi connectivity index (χ0v) is 19.8. The molecular formula is C18H22O3Sn2. The van der Waals surface area contributed by atoms with Crippen molar-refractivity contribution in [3.8, 4) is 11.5 Å². The number of hydrogen-bond acceptors (Lipinski definition) is 3. The van der Waals surface area contributed by atoms with Gasteiger partial charge >= 0.3 is 162 Å². The van der Waals surface area contributed by atoms with Crippen molar-refractivity contribution in [2.45, 2.75) is 40.5 Å². The Balaban J connectivity index is 2.22. The normalized spacial score (nSPS) is 10.9. The van der Waals surface area contributed by atoms with Gasteiger partial charge in [-0.3, -0.25) is 0 Å². The molecule has 0 aromatic heterocycles. The molecule has 0 amide bonds. The zero-order valence-electron chi connectivity index (χ0n) is 14.1. The van der Waals surface area contributed by atoms with Crippen LogP contribution in [0.2, 0.25) is 0 Å². The standard InChI is InChI=1S/2C9H12O.O.2Sn/c2*1-3-8-7(2)5-4-6-9(8)10;;;/h2*4-6,10H,3H2,1-2H3;;;/q;;;;+2/p-2. The third-order valence-corrected chi connectivity index (χ3v) is 9.78. The van der Waals surface area contributed by atoms with E-state index in [0.717, 1.165) is 47.3 Å². The van der Waals surface area contributed by atoms with Crippen molar-refractivity contribution < 1.29 is 7.56 Å². The number of aryl methyl sites for hydroxylation is 2. The number of benzene rings is 2. The first kappa shape index (κ1) is 18.9. The molecule has 5 heteroatoms. The molecule has 0 unspecified atom stereocenters. The molecule has 0 aliphatic rings. The monoisotopic (exact) mass is 526 g/mol. The van der Waals surface area contributed by atoms with Gasteiger partial charge in [0.25, 0.3) is 0 Å². The molecule has 0 aliphatic carbocycles.